The predicted octanol–water partition coefficient (Wildman–Crippen LogP) is 3.52. The van der Waals surface area contributed by atoms with E-state index in [0.717, 1.165) is 25.0 Å². The molecular formula is C22H24N2O5. The summed E-state index contributed by atoms with van der Waals surface area (Å²) in [6, 6.07) is 11.5. The van der Waals surface area contributed by atoms with Crippen molar-refractivity contribution in [2.24, 2.45) is 0 Å². The number of amides is 2. The molecule has 1 saturated heterocycles. The van der Waals surface area contributed by atoms with Crippen LogP contribution in [-0.2, 0) is 16.8 Å². The van der Waals surface area contributed by atoms with E-state index in [4.69, 9.17) is 18.9 Å². The standard InChI is InChI=1S/C22H24N2O5/c1-26-17-3-4-18-15(12-17)6-11-29-22(18)7-9-24(10-8-22)21(25)23-16-2-5-19-20(13-16)28-14-27-19/h2-5,12-13H,6-11,14H2,1H3,(H,23,25). The van der Waals surface area contributed by atoms with Crippen LogP contribution in [0.4, 0.5) is 10.5 Å². The maximum Gasteiger partial charge on any atom is 0.321 e. The van der Waals surface area contributed by atoms with E-state index < -0.39 is 0 Å². The van der Waals surface area contributed by atoms with Gasteiger partial charge >= 0.3 is 6.03 Å². The fourth-order valence-electron chi connectivity index (χ4n) is 4.44. The second-order valence-electron chi connectivity index (χ2n) is 7.60. The summed E-state index contributed by atoms with van der Waals surface area (Å²) in [5, 5.41) is 2.96. The van der Waals surface area contributed by atoms with Gasteiger partial charge in [0.05, 0.1) is 19.3 Å². The van der Waals surface area contributed by atoms with Crippen LogP contribution >= 0.6 is 0 Å². The Hall–Kier alpha value is -2.93. The molecule has 1 fully saturated rings. The highest BCUT2D eigenvalue weighted by molar-refractivity contribution is 5.89. The van der Waals surface area contributed by atoms with Gasteiger partial charge in [-0.15, -0.1) is 0 Å². The lowest BCUT2D eigenvalue weighted by Gasteiger charge is -2.45. The van der Waals surface area contributed by atoms with Crippen molar-refractivity contribution in [1.29, 1.82) is 0 Å². The molecule has 7 nitrogen and oxygen atoms in total. The predicted molar refractivity (Wildman–Crippen MR) is 107 cm³/mol. The maximum absolute atomic E-state index is 12.8. The summed E-state index contributed by atoms with van der Waals surface area (Å²) in [5.74, 6) is 2.23. The van der Waals surface area contributed by atoms with Gasteiger partial charge in [-0.25, -0.2) is 4.79 Å². The van der Waals surface area contributed by atoms with E-state index in [2.05, 4.69) is 17.4 Å². The lowest BCUT2D eigenvalue weighted by Crippen LogP contribution is -2.49. The molecule has 0 aromatic heterocycles. The van der Waals surface area contributed by atoms with Crippen molar-refractivity contribution in [3.05, 3.63) is 47.5 Å². The van der Waals surface area contributed by atoms with Crippen molar-refractivity contribution < 1.29 is 23.7 Å². The molecule has 3 heterocycles. The first-order valence-corrected chi connectivity index (χ1v) is 9.94. The van der Waals surface area contributed by atoms with Gasteiger partial charge in [0.25, 0.3) is 0 Å². The second kappa shape index (κ2) is 7.15. The van der Waals surface area contributed by atoms with Crippen LogP contribution in [0.15, 0.2) is 36.4 Å². The van der Waals surface area contributed by atoms with Gasteiger partial charge in [0.2, 0.25) is 6.79 Å². The number of anilines is 1. The smallest absolute Gasteiger partial charge is 0.321 e. The Morgan fingerprint density at radius 3 is 2.76 bits per heavy atom. The molecule has 0 aliphatic carbocycles. The zero-order valence-corrected chi connectivity index (χ0v) is 16.4. The Balaban J connectivity index is 1.27. The molecule has 3 aliphatic rings. The van der Waals surface area contributed by atoms with E-state index >= 15 is 0 Å². The number of fused-ring (bicyclic) bond motifs is 3. The quantitative estimate of drug-likeness (QED) is 0.841. The number of carbonyl (C=O) groups excluding carboxylic acids is 1. The zero-order valence-electron chi connectivity index (χ0n) is 16.4. The number of urea groups is 1. The second-order valence-corrected chi connectivity index (χ2v) is 7.60. The van der Waals surface area contributed by atoms with E-state index in [9.17, 15) is 4.79 Å². The minimum absolute atomic E-state index is 0.107. The van der Waals surface area contributed by atoms with Crippen molar-refractivity contribution >= 4 is 11.7 Å². The van der Waals surface area contributed by atoms with Crippen LogP contribution in [0, 0.1) is 0 Å². The first kappa shape index (κ1) is 18.1. The van der Waals surface area contributed by atoms with Crippen LogP contribution < -0.4 is 19.5 Å². The van der Waals surface area contributed by atoms with Gasteiger partial charge in [-0.2, -0.15) is 0 Å². The molecule has 0 radical (unpaired) electrons. The number of likely N-dealkylation sites (tertiary alicyclic amines) is 1. The molecule has 2 amide bonds. The third-order valence-corrected chi connectivity index (χ3v) is 6.04. The number of benzene rings is 2. The fraction of sp³-hybridized carbons (Fsp3) is 0.409. The lowest BCUT2D eigenvalue weighted by atomic mass is 9.79. The first-order chi connectivity index (χ1) is 14.2. The highest BCUT2D eigenvalue weighted by Gasteiger charge is 2.41. The minimum Gasteiger partial charge on any atom is -0.497 e. The molecule has 2 aromatic rings. The minimum atomic E-state index is -0.310. The monoisotopic (exact) mass is 396 g/mol. The van der Waals surface area contributed by atoms with Crippen LogP contribution in [0.3, 0.4) is 0 Å². The van der Waals surface area contributed by atoms with E-state index in [1.54, 1.807) is 13.2 Å². The number of nitrogens with one attached hydrogen (secondary N) is 1. The lowest BCUT2D eigenvalue weighted by molar-refractivity contribution is -0.0921. The summed E-state index contributed by atoms with van der Waals surface area (Å²) < 4.78 is 22.3. The average Bonchev–Trinajstić information content (AvgIpc) is 3.22. The summed E-state index contributed by atoms with van der Waals surface area (Å²) >= 11 is 0. The highest BCUT2D eigenvalue weighted by Crippen LogP contribution is 2.42. The molecular weight excluding hydrogens is 372 g/mol. The molecule has 0 atom stereocenters. The van der Waals surface area contributed by atoms with Crippen molar-refractivity contribution in [3.8, 4) is 17.2 Å². The van der Waals surface area contributed by atoms with Gasteiger partial charge in [0.1, 0.15) is 5.75 Å². The molecule has 1 N–H and O–H groups in total. The van der Waals surface area contributed by atoms with Gasteiger partial charge < -0.3 is 29.2 Å². The Labute approximate surface area is 169 Å². The Bertz CT molecular complexity index is 937. The van der Waals surface area contributed by atoms with Crippen molar-refractivity contribution in [1.82, 2.24) is 4.90 Å². The summed E-state index contributed by atoms with van der Waals surface area (Å²) in [6.07, 6.45) is 2.45. The fourth-order valence-corrected chi connectivity index (χ4v) is 4.44. The third kappa shape index (κ3) is 3.25. The van der Waals surface area contributed by atoms with Crippen LogP contribution in [-0.4, -0.2) is 44.5 Å². The molecule has 0 bridgehead atoms. The summed E-state index contributed by atoms with van der Waals surface area (Å²) in [4.78, 5) is 14.6. The Kier molecular flexibility index (Phi) is 4.47. The SMILES string of the molecule is COc1ccc2c(c1)CCOC21CCN(C(=O)Nc2ccc3c(c2)OCO3)CC1. The molecule has 1 spiro atoms. The molecule has 3 aliphatic heterocycles. The van der Waals surface area contributed by atoms with E-state index in [1.165, 1.54) is 11.1 Å². The molecule has 0 saturated carbocycles. The van der Waals surface area contributed by atoms with Crippen LogP contribution in [0.5, 0.6) is 17.2 Å². The highest BCUT2D eigenvalue weighted by atomic mass is 16.7. The molecule has 5 rings (SSSR count). The van der Waals surface area contributed by atoms with Gasteiger partial charge in [0, 0.05) is 24.8 Å². The number of methoxy groups -OCH3 is 1. The number of carbonyl (C=O) groups is 1. The van der Waals surface area contributed by atoms with E-state index in [1.807, 2.05) is 23.1 Å². The first-order valence-electron chi connectivity index (χ1n) is 9.94. The third-order valence-electron chi connectivity index (χ3n) is 6.04. The van der Waals surface area contributed by atoms with Gasteiger partial charge in [0.15, 0.2) is 11.5 Å². The molecule has 29 heavy (non-hydrogen) atoms. The summed E-state index contributed by atoms with van der Waals surface area (Å²) in [6.45, 7) is 2.20. The van der Waals surface area contributed by atoms with Gasteiger partial charge in [-0.1, -0.05) is 6.07 Å². The number of piperidine rings is 1. The number of rotatable bonds is 2. The average molecular weight is 396 g/mol. The number of hydrogen-bond donors (Lipinski definition) is 1. The van der Waals surface area contributed by atoms with E-state index in [0.29, 0.717) is 36.9 Å². The zero-order chi connectivity index (χ0) is 19.8. The largest absolute Gasteiger partial charge is 0.497 e. The molecule has 7 heteroatoms. The van der Waals surface area contributed by atoms with Crippen LogP contribution in [0.2, 0.25) is 0 Å². The van der Waals surface area contributed by atoms with Crippen LogP contribution in [0.1, 0.15) is 24.0 Å². The Morgan fingerprint density at radius 1 is 1.10 bits per heavy atom. The summed E-state index contributed by atoms with van der Waals surface area (Å²) in [5.41, 5.74) is 2.91. The van der Waals surface area contributed by atoms with Crippen molar-refractivity contribution in [2.75, 3.05) is 38.9 Å². The van der Waals surface area contributed by atoms with Gasteiger partial charge in [-0.3, -0.25) is 0 Å². The number of nitrogens with zero attached hydrogens (tertiary/aromatic N) is 1. The van der Waals surface area contributed by atoms with Crippen molar-refractivity contribution in [2.45, 2.75) is 24.9 Å². The van der Waals surface area contributed by atoms with E-state index in [-0.39, 0.29) is 18.4 Å². The van der Waals surface area contributed by atoms with Gasteiger partial charge in [-0.05, 0) is 54.7 Å². The number of hydrogen-bond acceptors (Lipinski definition) is 5. The van der Waals surface area contributed by atoms with Crippen molar-refractivity contribution in [3.63, 3.8) is 0 Å². The number of ether oxygens (including phenoxy) is 4. The molecule has 152 valence electrons. The molecule has 2 aromatic carbocycles. The maximum atomic E-state index is 12.8. The molecule has 0 unspecified atom stereocenters. The topological polar surface area (TPSA) is 69.3 Å². The summed E-state index contributed by atoms with van der Waals surface area (Å²) in [7, 11) is 1.69. The normalized spacial score (nSPS) is 19.0. The van der Waals surface area contributed by atoms with Crippen LogP contribution in [0.25, 0.3) is 0 Å². The Morgan fingerprint density at radius 2 is 1.93 bits per heavy atom.